The van der Waals surface area contributed by atoms with Crippen LogP contribution in [0.25, 0.3) is 11.5 Å². The molecule has 3 aliphatic rings. The van der Waals surface area contributed by atoms with Gasteiger partial charge in [0.05, 0.1) is 30.1 Å². The summed E-state index contributed by atoms with van der Waals surface area (Å²) in [7, 11) is 0. The molecular weight excluding hydrogens is 462 g/mol. The summed E-state index contributed by atoms with van der Waals surface area (Å²) in [6, 6.07) is 6.04. The van der Waals surface area contributed by atoms with Crippen LogP contribution >= 0.6 is 0 Å². The average molecular weight is 494 g/mol. The molecule has 10 heteroatoms. The third kappa shape index (κ3) is 4.81. The topological polar surface area (TPSA) is 121 Å². The Kier molecular flexibility index (Phi) is 6.69. The molecule has 3 aliphatic heterocycles. The number of pyridine rings is 1. The maximum atomic E-state index is 12.7. The zero-order valence-corrected chi connectivity index (χ0v) is 20.7. The van der Waals surface area contributed by atoms with Gasteiger partial charge in [-0.25, -0.2) is 4.98 Å². The van der Waals surface area contributed by atoms with E-state index in [1.54, 1.807) is 11.2 Å². The lowest BCUT2D eigenvalue weighted by Crippen LogP contribution is -2.53. The Morgan fingerprint density at radius 2 is 2.06 bits per heavy atom. The second-order valence-electron chi connectivity index (χ2n) is 10.1. The minimum absolute atomic E-state index is 0.0168. The fourth-order valence-electron chi connectivity index (χ4n) is 5.07. The average Bonchev–Trinajstić information content (AvgIpc) is 3.60. The molecule has 2 aromatic rings. The second-order valence-corrected chi connectivity index (χ2v) is 10.1. The zero-order chi connectivity index (χ0) is 25.3. The van der Waals surface area contributed by atoms with Gasteiger partial charge in [-0.05, 0) is 44.4 Å². The summed E-state index contributed by atoms with van der Waals surface area (Å²) >= 11 is 0. The fourth-order valence-corrected chi connectivity index (χ4v) is 5.07. The number of rotatable bonds is 4. The van der Waals surface area contributed by atoms with Gasteiger partial charge in [0.25, 0.3) is 0 Å². The van der Waals surface area contributed by atoms with Gasteiger partial charge in [0, 0.05) is 51.3 Å². The molecule has 2 aromatic heterocycles. The van der Waals surface area contributed by atoms with E-state index in [2.05, 4.69) is 11.4 Å². The Balaban J connectivity index is 1.34. The predicted octanol–water partition coefficient (Wildman–Crippen LogP) is 2.01. The van der Waals surface area contributed by atoms with Crippen LogP contribution in [0.3, 0.4) is 0 Å². The van der Waals surface area contributed by atoms with E-state index in [9.17, 15) is 14.9 Å². The summed E-state index contributed by atoms with van der Waals surface area (Å²) in [5.74, 6) is 0.0555. The summed E-state index contributed by atoms with van der Waals surface area (Å²) in [5.41, 5.74) is 2.61. The smallest absolute Gasteiger partial charge is 0.312 e. The van der Waals surface area contributed by atoms with E-state index in [0.717, 1.165) is 24.0 Å². The Hall–Kier alpha value is -3.42. The van der Waals surface area contributed by atoms with Gasteiger partial charge >= 0.3 is 11.8 Å². The van der Waals surface area contributed by atoms with Crippen LogP contribution in [0.4, 0.5) is 5.82 Å². The Morgan fingerprint density at radius 3 is 2.72 bits per heavy atom. The van der Waals surface area contributed by atoms with Crippen LogP contribution in [0.5, 0.6) is 0 Å². The molecule has 2 saturated heterocycles. The molecule has 2 fully saturated rings. The standard InChI is InChI=1S/C26H31N5O5/c1-26(2)13-18-19(14-27)23(29-22(20(18)16-36-26)21-6-4-12-35-21)30-7-9-31(10-8-30)25(33)24(32)28-15-17-5-3-11-34-17/h4,6,12,17H,3,5,7-11,13,15-16H2,1-2H3,(H,28,32)/t17-/m1/s1. The number of aromatic nitrogens is 1. The van der Waals surface area contributed by atoms with Crippen LogP contribution in [0.1, 0.15) is 43.4 Å². The highest BCUT2D eigenvalue weighted by atomic mass is 16.5. The number of amides is 2. The summed E-state index contributed by atoms with van der Waals surface area (Å²) in [4.78, 5) is 33.6. The van der Waals surface area contributed by atoms with Gasteiger partial charge in [-0.15, -0.1) is 0 Å². The van der Waals surface area contributed by atoms with E-state index in [4.69, 9.17) is 18.9 Å². The van der Waals surface area contributed by atoms with Crippen molar-refractivity contribution in [2.75, 3.05) is 44.2 Å². The molecule has 0 aliphatic carbocycles. The molecule has 0 unspecified atom stereocenters. The van der Waals surface area contributed by atoms with Crippen molar-refractivity contribution in [3.8, 4) is 17.5 Å². The molecule has 190 valence electrons. The lowest BCUT2D eigenvalue weighted by Gasteiger charge is -2.38. The van der Waals surface area contributed by atoms with Crippen molar-refractivity contribution in [2.24, 2.45) is 0 Å². The van der Waals surface area contributed by atoms with Crippen molar-refractivity contribution in [2.45, 2.75) is 51.4 Å². The quantitative estimate of drug-likeness (QED) is 0.642. The number of ether oxygens (including phenoxy) is 2. The second kappa shape index (κ2) is 9.91. The first kappa shape index (κ1) is 24.3. The van der Waals surface area contributed by atoms with Crippen LogP contribution in [0.2, 0.25) is 0 Å². The van der Waals surface area contributed by atoms with Crippen LogP contribution in [0, 0.1) is 11.3 Å². The van der Waals surface area contributed by atoms with Gasteiger partial charge in [-0.1, -0.05) is 0 Å². The van der Waals surface area contributed by atoms with Gasteiger partial charge in [0.15, 0.2) is 5.76 Å². The largest absolute Gasteiger partial charge is 0.463 e. The van der Waals surface area contributed by atoms with Gasteiger partial charge in [0.1, 0.15) is 17.6 Å². The molecule has 0 aromatic carbocycles. The first-order chi connectivity index (χ1) is 17.4. The minimum Gasteiger partial charge on any atom is -0.463 e. The van der Waals surface area contributed by atoms with Crippen LogP contribution in [-0.4, -0.2) is 72.7 Å². The number of nitrogens with zero attached hydrogens (tertiary/aromatic N) is 4. The maximum absolute atomic E-state index is 12.7. The Bertz CT molecular complexity index is 1170. The van der Waals surface area contributed by atoms with Crippen molar-refractivity contribution in [1.82, 2.24) is 15.2 Å². The third-order valence-electron chi connectivity index (χ3n) is 7.04. The molecular formula is C26H31N5O5. The van der Waals surface area contributed by atoms with Crippen molar-refractivity contribution in [3.63, 3.8) is 0 Å². The number of nitriles is 1. The molecule has 5 rings (SSSR count). The summed E-state index contributed by atoms with van der Waals surface area (Å²) in [6.07, 6.45) is 4.04. The number of carbonyl (C=O) groups is 2. The molecule has 0 radical (unpaired) electrons. The SMILES string of the molecule is CC1(C)Cc2c(C#N)c(N3CCN(C(=O)C(=O)NC[C@H]4CCCO4)CC3)nc(-c3ccco3)c2CO1. The number of hydrogen-bond acceptors (Lipinski definition) is 8. The van der Waals surface area contributed by atoms with Gasteiger partial charge < -0.3 is 29.0 Å². The van der Waals surface area contributed by atoms with Crippen molar-refractivity contribution in [1.29, 1.82) is 5.26 Å². The lowest BCUT2D eigenvalue weighted by atomic mass is 9.87. The number of furan rings is 1. The number of anilines is 1. The van der Waals surface area contributed by atoms with Crippen molar-refractivity contribution < 1.29 is 23.5 Å². The zero-order valence-electron chi connectivity index (χ0n) is 20.7. The minimum atomic E-state index is -0.606. The van der Waals surface area contributed by atoms with Crippen molar-refractivity contribution in [3.05, 3.63) is 35.1 Å². The normalized spacial score (nSPS) is 21.1. The number of nitrogens with one attached hydrogen (secondary N) is 1. The molecule has 1 N–H and O–H groups in total. The summed E-state index contributed by atoms with van der Waals surface area (Å²) in [5, 5.41) is 12.9. The predicted molar refractivity (Wildman–Crippen MR) is 130 cm³/mol. The number of fused-ring (bicyclic) bond motifs is 1. The van der Waals surface area contributed by atoms with Crippen LogP contribution in [0.15, 0.2) is 22.8 Å². The summed E-state index contributed by atoms with van der Waals surface area (Å²) in [6.45, 7) is 7.07. The molecule has 0 spiro atoms. The summed E-state index contributed by atoms with van der Waals surface area (Å²) < 4.78 is 17.2. The maximum Gasteiger partial charge on any atom is 0.312 e. The van der Waals surface area contributed by atoms with E-state index >= 15 is 0 Å². The number of carbonyl (C=O) groups excluding carboxylic acids is 2. The van der Waals surface area contributed by atoms with Crippen LogP contribution in [-0.2, 0) is 32.1 Å². The molecule has 2 amide bonds. The molecule has 0 saturated carbocycles. The van der Waals surface area contributed by atoms with E-state index < -0.39 is 17.4 Å². The highest BCUT2D eigenvalue weighted by Crippen LogP contribution is 2.39. The van der Waals surface area contributed by atoms with Crippen LogP contribution < -0.4 is 10.2 Å². The molecule has 5 heterocycles. The van der Waals surface area contributed by atoms with E-state index in [1.165, 1.54) is 0 Å². The van der Waals surface area contributed by atoms with E-state index in [1.807, 2.05) is 30.9 Å². The van der Waals surface area contributed by atoms with Gasteiger partial charge in [-0.2, -0.15) is 5.26 Å². The fraction of sp³-hybridized carbons (Fsp3) is 0.538. The monoisotopic (exact) mass is 493 g/mol. The van der Waals surface area contributed by atoms with E-state index in [-0.39, 0.29) is 6.10 Å². The van der Waals surface area contributed by atoms with Crippen molar-refractivity contribution >= 4 is 17.6 Å². The van der Waals surface area contributed by atoms with Gasteiger partial charge in [-0.3, -0.25) is 9.59 Å². The Morgan fingerprint density at radius 1 is 1.25 bits per heavy atom. The van der Waals surface area contributed by atoms with Gasteiger partial charge in [0.2, 0.25) is 0 Å². The Labute approximate surface area is 210 Å². The lowest BCUT2D eigenvalue weighted by molar-refractivity contribution is -0.146. The highest BCUT2D eigenvalue weighted by Gasteiger charge is 2.35. The molecule has 10 nitrogen and oxygen atoms in total. The molecule has 1 atom stereocenters. The molecule has 0 bridgehead atoms. The molecule has 36 heavy (non-hydrogen) atoms. The number of hydrogen-bond donors (Lipinski definition) is 1. The third-order valence-corrected chi connectivity index (χ3v) is 7.04. The first-order valence-corrected chi connectivity index (χ1v) is 12.4. The number of piperazine rings is 1. The highest BCUT2D eigenvalue weighted by molar-refractivity contribution is 6.35. The first-order valence-electron chi connectivity index (χ1n) is 12.4. The van der Waals surface area contributed by atoms with E-state index in [0.29, 0.717) is 75.2 Å².